The third kappa shape index (κ3) is 11.3. The molecule has 0 saturated carbocycles. The van der Waals surface area contributed by atoms with Crippen molar-refractivity contribution < 1.29 is 19.1 Å². The normalized spacial score (nSPS) is 10.4. The van der Waals surface area contributed by atoms with Crippen LogP contribution in [0.25, 0.3) is 0 Å². The molecule has 14 heavy (non-hydrogen) atoms. The Hall–Kier alpha value is -0.690. The Morgan fingerprint density at radius 3 is 2.79 bits per heavy atom. The number of amides is 1. The molecule has 0 spiro atoms. The Morgan fingerprint density at radius 2 is 2.14 bits per heavy atom. The summed E-state index contributed by atoms with van der Waals surface area (Å²) in [7, 11) is 1.63. The standard InChI is InChI=1S/C8H18N2O4/c1-12-5-6-13-4-2-3-10-14-7-8(9)11/h10H,2-7H2,1H3,(H2,9,11). The molecule has 0 saturated heterocycles. The molecule has 0 bridgehead atoms. The number of methoxy groups -OCH3 is 1. The summed E-state index contributed by atoms with van der Waals surface area (Å²) >= 11 is 0. The molecule has 6 nitrogen and oxygen atoms in total. The van der Waals surface area contributed by atoms with E-state index in [0.29, 0.717) is 26.4 Å². The van der Waals surface area contributed by atoms with Crippen LogP contribution in [0.3, 0.4) is 0 Å². The van der Waals surface area contributed by atoms with E-state index in [1.54, 1.807) is 7.11 Å². The molecule has 0 aromatic rings. The van der Waals surface area contributed by atoms with Crippen LogP contribution >= 0.6 is 0 Å². The van der Waals surface area contributed by atoms with Gasteiger partial charge in [-0.15, -0.1) is 0 Å². The summed E-state index contributed by atoms with van der Waals surface area (Å²) in [5, 5.41) is 0. The van der Waals surface area contributed by atoms with Crippen LogP contribution in [0.1, 0.15) is 6.42 Å². The second-order valence-electron chi connectivity index (χ2n) is 2.61. The van der Waals surface area contributed by atoms with Crippen LogP contribution in [0, 0.1) is 0 Å². The first-order valence-corrected chi connectivity index (χ1v) is 4.47. The van der Waals surface area contributed by atoms with Crippen molar-refractivity contribution in [2.45, 2.75) is 6.42 Å². The van der Waals surface area contributed by atoms with Crippen LogP contribution in [0.2, 0.25) is 0 Å². The smallest absolute Gasteiger partial charge is 0.245 e. The summed E-state index contributed by atoms with van der Waals surface area (Å²) in [5.41, 5.74) is 7.44. The Morgan fingerprint density at radius 1 is 1.36 bits per heavy atom. The van der Waals surface area contributed by atoms with Gasteiger partial charge in [0.25, 0.3) is 0 Å². The molecule has 0 rings (SSSR count). The lowest BCUT2D eigenvalue weighted by Gasteiger charge is -2.04. The van der Waals surface area contributed by atoms with Gasteiger partial charge >= 0.3 is 0 Å². The number of nitrogens with two attached hydrogens (primary N) is 1. The first-order chi connectivity index (χ1) is 6.77. The van der Waals surface area contributed by atoms with Crippen molar-refractivity contribution in [3.8, 4) is 0 Å². The van der Waals surface area contributed by atoms with Crippen LogP contribution in [0.15, 0.2) is 0 Å². The predicted molar refractivity (Wildman–Crippen MR) is 50.5 cm³/mol. The number of carbonyl (C=O) groups excluding carboxylic acids is 1. The van der Waals surface area contributed by atoms with Gasteiger partial charge in [-0.25, -0.2) is 5.48 Å². The molecule has 0 fully saturated rings. The largest absolute Gasteiger partial charge is 0.382 e. The molecule has 0 aliphatic carbocycles. The van der Waals surface area contributed by atoms with E-state index in [1.165, 1.54) is 0 Å². The fourth-order valence-corrected chi connectivity index (χ4v) is 0.685. The fourth-order valence-electron chi connectivity index (χ4n) is 0.685. The van der Waals surface area contributed by atoms with Gasteiger partial charge in [-0.05, 0) is 6.42 Å². The van der Waals surface area contributed by atoms with Crippen molar-refractivity contribution in [3.63, 3.8) is 0 Å². The maximum atomic E-state index is 10.2. The first-order valence-electron chi connectivity index (χ1n) is 4.47. The zero-order valence-electron chi connectivity index (χ0n) is 8.45. The average Bonchev–Trinajstić information content (AvgIpc) is 2.15. The highest BCUT2D eigenvalue weighted by molar-refractivity contribution is 5.74. The molecule has 0 atom stereocenters. The van der Waals surface area contributed by atoms with Gasteiger partial charge in [0, 0.05) is 20.3 Å². The van der Waals surface area contributed by atoms with Crippen molar-refractivity contribution in [1.82, 2.24) is 5.48 Å². The van der Waals surface area contributed by atoms with Crippen LogP contribution in [0.5, 0.6) is 0 Å². The van der Waals surface area contributed by atoms with Gasteiger partial charge in [-0.2, -0.15) is 0 Å². The van der Waals surface area contributed by atoms with Gasteiger partial charge < -0.3 is 15.2 Å². The Labute approximate surface area is 83.6 Å². The zero-order chi connectivity index (χ0) is 10.6. The Kier molecular flexibility index (Phi) is 9.88. The molecule has 0 aromatic heterocycles. The molecule has 0 heterocycles. The molecule has 6 heteroatoms. The van der Waals surface area contributed by atoms with Gasteiger partial charge in [0.1, 0.15) is 6.61 Å². The summed E-state index contributed by atoms with van der Waals surface area (Å²) in [4.78, 5) is 14.9. The number of carbonyl (C=O) groups is 1. The number of hydrogen-bond donors (Lipinski definition) is 2. The van der Waals surface area contributed by atoms with E-state index in [1.807, 2.05) is 0 Å². The maximum Gasteiger partial charge on any atom is 0.245 e. The minimum atomic E-state index is -0.492. The SMILES string of the molecule is COCCOCCCNOCC(N)=O. The summed E-state index contributed by atoms with van der Waals surface area (Å²) in [6.45, 7) is 2.35. The fraction of sp³-hybridized carbons (Fsp3) is 0.875. The number of nitrogens with one attached hydrogen (secondary N) is 1. The first kappa shape index (κ1) is 13.3. The molecule has 0 radical (unpaired) electrons. The number of ether oxygens (including phenoxy) is 2. The molecule has 0 aliphatic heterocycles. The van der Waals surface area contributed by atoms with Gasteiger partial charge in [0.05, 0.1) is 13.2 Å². The molecule has 1 amide bonds. The number of hydrogen-bond acceptors (Lipinski definition) is 5. The van der Waals surface area contributed by atoms with Crippen LogP contribution in [-0.4, -0.2) is 46.0 Å². The molecule has 0 unspecified atom stereocenters. The van der Waals surface area contributed by atoms with E-state index in [0.717, 1.165) is 6.42 Å². The number of hydroxylamine groups is 1. The van der Waals surface area contributed by atoms with Gasteiger partial charge in [0.15, 0.2) is 0 Å². The number of primary amides is 1. The molecule has 84 valence electrons. The Bertz CT molecular complexity index is 143. The predicted octanol–water partition coefficient (Wildman–Crippen LogP) is -0.954. The van der Waals surface area contributed by atoms with Crippen molar-refractivity contribution in [2.24, 2.45) is 5.73 Å². The van der Waals surface area contributed by atoms with E-state index in [9.17, 15) is 4.79 Å². The second kappa shape index (κ2) is 10.4. The van der Waals surface area contributed by atoms with E-state index in [-0.39, 0.29) is 6.61 Å². The van der Waals surface area contributed by atoms with E-state index >= 15 is 0 Å². The third-order valence-corrected chi connectivity index (χ3v) is 1.32. The minimum absolute atomic E-state index is 0.107. The third-order valence-electron chi connectivity index (χ3n) is 1.32. The summed E-state index contributed by atoms with van der Waals surface area (Å²) in [6, 6.07) is 0. The van der Waals surface area contributed by atoms with Crippen LogP contribution in [-0.2, 0) is 19.1 Å². The zero-order valence-corrected chi connectivity index (χ0v) is 8.45. The minimum Gasteiger partial charge on any atom is -0.382 e. The van der Waals surface area contributed by atoms with Crippen LogP contribution < -0.4 is 11.2 Å². The van der Waals surface area contributed by atoms with Gasteiger partial charge in [-0.3, -0.25) is 9.63 Å². The van der Waals surface area contributed by atoms with Crippen molar-refractivity contribution in [2.75, 3.05) is 40.1 Å². The van der Waals surface area contributed by atoms with Crippen LogP contribution in [0.4, 0.5) is 0 Å². The molecule has 0 aromatic carbocycles. The lowest BCUT2D eigenvalue weighted by molar-refractivity contribution is -0.125. The summed E-state index contributed by atoms with van der Waals surface area (Å²) in [6.07, 6.45) is 0.808. The lowest BCUT2D eigenvalue weighted by atomic mass is 10.5. The second-order valence-corrected chi connectivity index (χ2v) is 2.61. The Balaban J connectivity index is 2.88. The molecular formula is C8H18N2O4. The molecule has 0 aliphatic rings. The van der Waals surface area contributed by atoms with E-state index in [2.05, 4.69) is 5.48 Å². The van der Waals surface area contributed by atoms with Crippen molar-refractivity contribution >= 4 is 5.91 Å². The number of rotatable bonds is 10. The van der Waals surface area contributed by atoms with Gasteiger partial charge in [-0.1, -0.05) is 0 Å². The maximum absolute atomic E-state index is 10.2. The van der Waals surface area contributed by atoms with Crippen molar-refractivity contribution in [3.05, 3.63) is 0 Å². The highest BCUT2D eigenvalue weighted by Crippen LogP contribution is 1.81. The quantitative estimate of drug-likeness (QED) is 0.355. The van der Waals surface area contributed by atoms with E-state index < -0.39 is 5.91 Å². The van der Waals surface area contributed by atoms with Crippen molar-refractivity contribution in [1.29, 1.82) is 0 Å². The topological polar surface area (TPSA) is 82.8 Å². The van der Waals surface area contributed by atoms with Gasteiger partial charge in [0.2, 0.25) is 5.91 Å². The molecular weight excluding hydrogens is 188 g/mol. The summed E-state index contributed by atoms with van der Waals surface area (Å²) < 4.78 is 9.99. The van der Waals surface area contributed by atoms with E-state index in [4.69, 9.17) is 20.0 Å². The highest BCUT2D eigenvalue weighted by Gasteiger charge is 1.93. The lowest BCUT2D eigenvalue weighted by Crippen LogP contribution is -2.25. The molecule has 3 N–H and O–H groups in total. The average molecular weight is 206 g/mol. The summed E-state index contributed by atoms with van der Waals surface area (Å²) in [5.74, 6) is -0.492. The monoisotopic (exact) mass is 206 g/mol. The highest BCUT2D eigenvalue weighted by atomic mass is 16.6.